The van der Waals surface area contributed by atoms with Gasteiger partial charge in [0.1, 0.15) is 12.0 Å². The molecule has 3 rings (SSSR count). The van der Waals surface area contributed by atoms with Gasteiger partial charge in [-0.1, -0.05) is 0 Å². The molecule has 0 radical (unpaired) electrons. The Bertz CT molecular complexity index is 792. The molecule has 2 aromatic heterocycles. The van der Waals surface area contributed by atoms with Gasteiger partial charge in [0.15, 0.2) is 0 Å². The number of nitrogens with zero attached hydrogens (tertiary/aromatic N) is 4. The van der Waals surface area contributed by atoms with E-state index >= 15 is 0 Å². The van der Waals surface area contributed by atoms with E-state index in [2.05, 4.69) is 15.1 Å². The van der Waals surface area contributed by atoms with Crippen molar-refractivity contribution in [2.24, 2.45) is 0 Å². The first kappa shape index (κ1) is 8.61. The van der Waals surface area contributed by atoms with E-state index in [1.807, 2.05) is 6.07 Å². The van der Waals surface area contributed by atoms with Crippen molar-refractivity contribution in [2.45, 2.75) is 0 Å². The van der Waals surface area contributed by atoms with Crippen molar-refractivity contribution in [2.75, 3.05) is 0 Å². The van der Waals surface area contributed by atoms with E-state index in [1.165, 1.54) is 10.8 Å². The Morgan fingerprint density at radius 3 is 3.12 bits per heavy atom. The van der Waals surface area contributed by atoms with Crippen LogP contribution in [0.4, 0.5) is 0 Å². The lowest BCUT2D eigenvalue weighted by Gasteiger charge is -1.98. The summed E-state index contributed by atoms with van der Waals surface area (Å²) >= 11 is 0. The second kappa shape index (κ2) is 2.90. The first-order chi connectivity index (χ1) is 7.79. The van der Waals surface area contributed by atoms with Crippen LogP contribution in [0.25, 0.3) is 16.6 Å². The number of hydrogen-bond acceptors (Lipinski definition) is 4. The number of nitriles is 1. The highest BCUT2D eigenvalue weighted by atomic mass is 16.1. The van der Waals surface area contributed by atoms with Crippen LogP contribution >= 0.6 is 0 Å². The molecule has 76 valence electrons. The fourth-order valence-corrected chi connectivity index (χ4v) is 1.65. The molecule has 0 aliphatic heterocycles. The summed E-state index contributed by atoms with van der Waals surface area (Å²) in [4.78, 5) is 18.3. The molecule has 16 heavy (non-hydrogen) atoms. The van der Waals surface area contributed by atoms with E-state index in [4.69, 9.17) is 5.26 Å². The molecule has 0 aliphatic rings. The zero-order valence-electron chi connectivity index (χ0n) is 8.01. The lowest BCUT2D eigenvalue weighted by atomic mass is 10.2. The predicted molar refractivity (Wildman–Crippen MR) is 55.8 cm³/mol. The highest BCUT2D eigenvalue weighted by Crippen LogP contribution is 2.15. The van der Waals surface area contributed by atoms with Gasteiger partial charge >= 0.3 is 5.69 Å². The highest BCUT2D eigenvalue weighted by Gasteiger charge is 2.06. The zero-order valence-corrected chi connectivity index (χ0v) is 8.01. The van der Waals surface area contributed by atoms with E-state index in [1.54, 1.807) is 18.2 Å². The molecule has 0 saturated heterocycles. The summed E-state index contributed by atoms with van der Waals surface area (Å²) in [6, 6.07) is 7.01. The molecule has 0 unspecified atom stereocenters. The van der Waals surface area contributed by atoms with Crippen molar-refractivity contribution in [3.63, 3.8) is 0 Å². The van der Waals surface area contributed by atoms with Crippen molar-refractivity contribution in [3.8, 4) is 6.07 Å². The van der Waals surface area contributed by atoms with E-state index < -0.39 is 5.69 Å². The van der Waals surface area contributed by atoms with Crippen LogP contribution in [0, 0.1) is 11.3 Å². The minimum Gasteiger partial charge on any atom is -0.329 e. The van der Waals surface area contributed by atoms with Crippen LogP contribution in [0.1, 0.15) is 5.56 Å². The number of fused-ring (bicyclic) bond motifs is 3. The van der Waals surface area contributed by atoms with Crippen LogP contribution < -0.4 is 5.69 Å². The second-order valence-electron chi connectivity index (χ2n) is 3.29. The zero-order chi connectivity index (χ0) is 11.1. The summed E-state index contributed by atoms with van der Waals surface area (Å²) in [5.41, 5.74) is 1.09. The van der Waals surface area contributed by atoms with Crippen LogP contribution in [-0.4, -0.2) is 19.6 Å². The van der Waals surface area contributed by atoms with Gasteiger partial charge in [-0.2, -0.15) is 19.9 Å². The highest BCUT2D eigenvalue weighted by molar-refractivity contribution is 5.91. The third kappa shape index (κ3) is 1.02. The Balaban J connectivity index is 2.59. The molecule has 6 heteroatoms. The molecule has 0 fully saturated rings. The molecule has 0 saturated carbocycles. The lowest BCUT2D eigenvalue weighted by molar-refractivity contribution is 0.881. The molecule has 3 aromatic rings. The van der Waals surface area contributed by atoms with Gasteiger partial charge in [-0.15, -0.1) is 0 Å². The molecule has 0 bridgehead atoms. The lowest BCUT2D eigenvalue weighted by Crippen LogP contribution is -2.17. The molecule has 0 aliphatic carbocycles. The molecule has 2 heterocycles. The smallest absolute Gasteiger partial charge is 0.329 e. The Kier molecular flexibility index (Phi) is 1.56. The maximum absolute atomic E-state index is 11.5. The normalized spacial score (nSPS) is 10.7. The summed E-state index contributed by atoms with van der Waals surface area (Å²) < 4.78 is 1.19. The maximum atomic E-state index is 11.5. The third-order valence-corrected chi connectivity index (χ3v) is 2.37. The van der Waals surface area contributed by atoms with Crippen LogP contribution in [0.3, 0.4) is 0 Å². The number of hydrogen-bond donors (Lipinski definition) is 1. The summed E-state index contributed by atoms with van der Waals surface area (Å²) in [5.74, 6) is 0. The topological polar surface area (TPSA) is 86.8 Å². The number of nitrogens with one attached hydrogen (secondary N) is 1. The van der Waals surface area contributed by atoms with E-state index in [0.717, 1.165) is 5.39 Å². The molecular formula is C10H5N5O. The van der Waals surface area contributed by atoms with Crippen molar-refractivity contribution >= 4 is 16.6 Å². The summed E-state index contributed by atoms with van der Waals surface area (Å²) in [6.07, 6.45) is 1.43. The number of H-pyrrole nitrogens is 1. The fourth-order valence-electron chi connectivity index (χ4n) is 1.65. The molecule has 1 N–H and O–H groups in total. The summed E-state index contributed by atoms with van der Waals surface area (Å²) in [6.45, 7) is 0. The number of aromatic amines is 1. The Morgan fingerprint density at radius 2 is 2.31 bits per heavy atom. The molecule has 0 spiro atoms. The van der Waals surface area contributed by atoms with Crippen molar-refractivity contribution in [1.29, 1.82) is 5.26 Å². The van der Waals surface area contributed by atoms with Crippen LogP contribution in [0.2, 0.25) is 0 Å². The van der Waals surface area contributed by atoms with Crippen LogP contribution in [0.15, 0.2) is 29.3 Å². The van der Waals surface area contributed by atoms with Gasteiger partial charge in [0, 0.05) is 5.39 Å². The van der Waals surface area contributed by atoms with Gasteiger partial charge in [0.05, 0.1) is 17.1 Å². The van der Waals surface area contributed by atoms with E-state index in [9.17, 15) is 4.79 Å². The fraction of sp³-hybridized carbons (Fsp3) is 0. The van der Waals surface area contributed by atoms with Gasteiger partial charge in [-0.25, -0.2) is 4.79 Å². The van der Waals surface area contributed by atoms with E-state index in [0.29, 0.717) is 16.7 Å². The quantitative estimate of drug-likeness (QED) is 0.584. The second-order valence-corrected chi connectivity index (χ2v) is 3.29. The van der Waals surface area contributed by atoms with Crippen LogP contribution in [0.5, 0.6) is 0 Å². The van der Waals surface area contributed by atoms with Crippen molar-refractivity contribution in [3.05, 3.63) is 40.6 Å². The van der Waals surface area contributed by atoms with Crippen LogP contribution in [-0.2, 0) is 0 Å². The van der Waals surface area contributed by atoms with Gasteiger partial charge < -0.3 is 4.98 Å². The minimum atomic E-state index is -0.459. The third-order valence-electron chi connectivity index (χ3n) is 2.37. The molecule has 0 atom stereocenters. The first-order valence-corrected chi connectivity index (χ1v) is 4.56. The van der Waals surface area contributed by atoms with Gasteiger partial charge in [-0.05, 0) is 18.2 Å². The average Bonchev–Trinajstić information content (AvgIpc) is 2.78. The van der Waals surface area contributed by atoms with Gasteiger partial charge in [-0.3, -0.25) is 0 Å². The van der Waals surface area contributed by atoms with Crippen molar-refractivity contribution in [1.82, 2.24) is 19.6 Å². The summed E-state index contributed by atoms with van der Waals surface area (Å²) in [7, 11) is 0. The Labute approximate surface area is 88.8 Å². The standard InChI is InChI=1S/C10H5N5O/c11-4-6-1-2-7-8(3-6)14-10(16)15-9(7)12-5-13-15/h1-3,5H,(H,12,13). The van der Waals surface area contributed by atoms with Gasteiger partial charge in [0.2, 0.25) is 0 Å². The molecule has 6 nitrogen and oxygen atoms in total. The monoisotopic (exact) mass is 211 g/mol. The first-order valence-electron chi connectivity index (χ1n) is 4.56. The maximum Gasteiger partial charge on any atom is 0.370 e. The Morgan fingerprint density at radius 1 is 1.44 bits per heavy atom. The molecule has 0 amide bonds. The minimum absolute atomic E-state index is 0.459. The molecule has 1 aromatic carbocycles. The van der Waals surface area contributed by atoms with Gasteiger partial charge in [0.25, 0.3) is 0 Å². The van der Waals surface area contributed by atoms with Crippen molar-refractivity contribution < 1.29 is 0 Å². The average molecular weight is 211 g/mol. The molecular weight excluding hydrogens is 206 g/mol. The van der Waals surface area contributed by atoms with E-state index in [-0.39, 0.29) is 0 Å². The number of rotatable bonds is 0. The predicted octanol–water partition coefficient (Wildman–Crippen LogP) is 0.442. The number of aromatic nitrogens is 4. The Hall–Kier alpha value is -2.68. The summed E-state index contributed by atoms with van der Waals surface area (Å²) in [5, 5.41) is 13.4. The SMILES string of the molecule is N#Cc1ccc2c(c1)nc(=O)n1nc[nH]c21. The largest absolute Gasteiger partial charge is 0.370 e. The number of benzene rings is 1.